The molecule has 0 spiro atoms. The molecule has 0 radical (unpaired) electrons. The van der Waals surface area contributed by atoms with Gasteiger partial charge in [0, 0.05) is 12.8 Å². The summed E-state index contributed by atoms with van der Waals surface area (Å²) in [5.74, 6) is -0.0889. The molecule has 0 aromatic heterocycles. The van der Waals surface area contributed by atoms with Crippen LogP contribution in [-0.4, -0.2) is 47.4 Å². The van der Waals surface area contributed by atoms with Gasteiger partial charge in [0.1, 0.15) is 0 Å². The van der Waals surface area contributed by atoms with Gasteiger partial charge in [-0.2, -0.15) is 0 Å². The van der Waals surface area contributed by atoms with E-state index in [1.54, 1.807) is 6.08 Å². The number of unbranched alkanes of at least 4 members (excludes halogenated alkanes) is 42. The van der Waals surface area contributed by atoms with E-state index in [1.165, 1.54) is 238 Å². The summed E-state index contributed by atoms with van der Waals surface area (Å²) in [7, 11) is 0. The fourth-order valence-electron chi connectivity index (χ4n) is 9.16. The normalized spacial score (nSPS) is 12.7. The molecule has 6 heteroatoms. The number of nitrogens with one attached hydrogen (secondary N) is 1. The van der Waals surface area contributed by atoms with E-state index < -0.39 is 12.1 Å². The van der Waals surface area contributed by atoms with Crippen LogP contribution in [0.2, 0.25) is 0 Å². The number of esters is 1. The van der Waals surface area contributed by atoms with E-state index in [9.17, 15) is 19.8 Å². The van der Waals surface area contributed by atoms with Crippen molar-refractivity contribution >= 4 is 11.9 Å². The SMILES string of the molecule is CCCCC/C=C\CCCCCCCC(=O)OCCCCCCCCCCCCCCCCC(=O)NC(CO)C(O)/C=C/CCCCCCCCCCCCCCCCCCCCCCC. The average molecular weight is 931 g/mol. The highest BCUT2D eigenvalue weighted by Crippen LogP contribution is 2.17. The number of aliphatic hydroxyl groups excluding tert-OH is 2. The third-order valence-electron chi connectivity index (χ3n) is 13.7. The molecule has 0 aliphatic rings. The van der Waals surface area contributed by atoms with Gasteiger partial charge in [0.25, 0.3) is 0 Å². The van der Waals surface area contributed by atoms with Crippen molar-refractivity contribution < 1.29 is 24.5 Å². The third-order valence-corrected chi connectivity index (χ3v) is 13.7. The van der Waals surface area contributed by atoms with Crippen molar-refractivity contribution in [3.8, 4) is 0 Å². The lowest BCUT2D eigenvalue weighted by Crippen LogP contribution is -2.45. The number of amides is 1. The molecule has 390 valence electrons. The van der Waals surface area contributed by atoms with Crippen LogP contribution < -0.4 is 5.32 Å². The minimum atomic E-state index is -0.853. The highest BCUT2D eigenvalue weighted by molar-refractivity contribution is 5.76. The average Bonchev–Trinajstić information content (AvgIpc) is 3.32. The van der Waals surface area contributed by atoms with E-state index in [2.05, 4.69) is 31.3 Å². The Hall–Kier alpha value is -1.66. The molecule has 66 heavy (non-hydrogen) atoms. The Morgan fingerprint density at radius 2 is 0.712 bits per heavy atom. The van der Waals surface area contributed by atoms with Crippen LogP contribution in [0.1, 0.15) is 322 Å². The number of rotatable bonds is 55. The molecule has 2 atom stereocenters. The van der Waals surface area contributed by atoms with Crippen LogP contribution >= 0.6 is 0 Å². The molecule has 0 rings (SSSR count). The van der Waals surface area contributed by atoms with Gasteiger partial charge in [-0.25, -0.2) is 0 Å². The minimum absolute atomic E-state index is 0.0130. The van der Waals surface area contributed by atoms with Crippen LogP contribution in [0.15, 0.2) is 24.3 Å². The molecular weight excluding hydrogens is 815 g/mol. The van der Waals surface area contributed by atoms with Gasteiger partial charge in [-0.05, 0) is 57.8 Å². The molecule has 0 aliphatic carbocycles. The fourth-order valence-corrected chi connectivity index (χ4v) is 9.16. The summed E-state index contributed by atoms with van der Waals surface area (Å²) in [6.45, 7) is 4.87. The Morgan fingerprint density at radius 3 is 1.11 bits per heavy atom. The lowest BCUT2D eigenvalue weighted by atomic mass is 10.0. The molecule has 0 aromatic carbocycles. The highest BCUT2D eigenvalue weighted by Gasteiger charge is 2.18. The van der Waals surface area contributed by atoms with Gasteiger partial charge in [0.2, 0.25) is 5.91 Å². The first kappa shape index (κ1) is 64.3. The first-order chi connectivity index (χ1) is 32.5. The third kappa shape index (κ3) is 51.7. The molecule has 0 saturated carbocycles. The topological polar surface area (TPSA) is 95.9 Å². The summed E-state index contributed by atoms with van der Waals surface area (Å²) in [4.78, 5) is 24.5. The summed E-state index contributed by atoms with van der Waals surface area (Å²) < 4.78 is 5.45. The van der Waals surface area contributed by atoms with Crippen LogP contribution in [0.3, 0.4) is 0 Å². The fraction of sp³-hybridized carbons (Fsp3) is 0.900. The van der Waals surface area contributed by atoms with Crippen LogP contribution in [0.5, 0.6) is 0 Å². The summed E-state index contributed by atoms with van der Waals surface area (Å²) in [5.41, 5.74) is 0. The Balaban J connectivity index is 3.48. The Kier molecular flexibility index (Phi) is 54.5. The predicted molar refractivity (Wildman–Crippen MR) is 287 cm³/mol. The van der Waals surface area contributed by atoms with Crippen molar-refractivity contribution in [1.29, 1.82) is 0 Å². The quantitative estimate of drug-likeness (QED) is 0.0321. The molecular formula is C60H115NO5. The zero-order chi connectivity index (χ0) is 47.9. The van der Waals surface area contributed by atoms with Crippen molar-refractivity contribution in [2.24, 2.45) is 0 Å². The van der Waals surface area contributed by atoms with Crippen molar-refractivity contribution in [1.82, 2.24) is 5.32 Å². The number of ether oxygens (including phenoxy) is 1. The van der Waals surface area contributed by atoms with Crippen LogP contribution in [0.25, 0.3) is 0 Å². The lowest BCUT2D eigenvalue weighted by molar-refractivity contribution is -0.143. The first-order valence-corrected chi connectivity index (χ1v) is 29.6. The second-order valence-electron chi connectivity index (χ2n) is 20.3. The standard InChI is InChI=1S/C60H115NO5/c1-3-5-7-9-11-13-15-17-18-19-20-21-22-23-24-25-26-29-32-36-40-44-48-52-58(63)57(56-62)61-59(64)53-49-45-41-37-33-30-27-28-31-35-39-43-47-51-55-66-60(65)54-50-46-42-38-34-16-14-12-10-8-6-4-2/h12,14,48,52,57-58,62-63H,3-11,13,15-47,49-51,53-56H2,1-2H3,(H,61,64)/b14-12-,52-48+. The van der Waals surface area contributed by atoms with Gasteiger partial charge < -0.3 is 20.3 Å². The van der Waals surface area contributed by atoms with Crippen molar-refractivity contribution in [3.05, 3.63) is 24.3 Å². The maximum Gasteiger partial charge on any atom is 0.305 e. The van der Waals surface area contributed by atoms with Gasteiger partial charge in [0.05, 0.1) is 25.4 Å². The predicted octanol–water partition coefficient (Wildman–Crippen LogP) is 18.2. The zero-order valence-corrected chi connectivity index (χ0v) is 44.4. The molecule has 0 aliphatic heterocycles. The monoisotopic (exact) mass is 930 g/mol. The molecule has 0 saturated heterocycles. The first-order valence-electron chi connectivity index (χ1n) is 29.6. The van der Waals surface area contributed by atoms with E-state index in [0.717, 1.165) is 57.8 Å². The Morgan fingerprint density at radius 1 is 0.409 bits per heavy atom. The smallest absolute Gasteiger partial charge is 0.305 e. The van der Waals surface area contributed by atoms with Crippen molar-refractivity contribution in [2.45, 2.75) is 334 Å². The molecule has 3 N–H and O–H groups in total. The maximum atomic E-state index is 12.5. The van der Waals surface area contributed by atoms with Gasteiger partial charge in [0.15, 0.2) is 0 Å². The minimum Gasteiger partial charge on any atom is -0.466 e. The van der Waals surface area contributed by atoms with Gasteiger partial charge in [-0.3, -0.25) is 9.59 Å². The van der Waals surface area contributed by atoms with Crippen LogP contribution in [0.4, 0.5) is 0 Å². The number of hydrogen-bond donors (Lipinski definition) is 3. The summed E-state index contributed by atoms with van der Waals surface area (Å²) in [6.07, 6.45) is 67.7. The molecule has 0 fully saturated rings. The van der Waals surface area contributed by atoms with E-state index in [-0.39, 0.29) is 18.5 Å². The molecule has 6 nitrogen and oxygen atoms in total. The van der Waals surface area contributed by atoms with E-state index in [4.69, 9.17) is 4.74 Å². The maximum absolute atomic E-state index is 12.5. The molecule has 0 aromatic rings. The van der Waals surface area contributed by atoms with Gasteiger partial charge in [-0.1, -0.05) is 276 Å². The van der Waals surface area contributed by atoms with Crippen LogP contribution in [0, 0.1) is 0 Å². The largest absolute Gasteiger partial charge is 0.466 e. The second-order valence-corrected chi connectivity index (χ2v) is 20.3. The lowest BCUT2D eigenvalue weighted by Gasteiger charge is -2.20. The number of carbonyl (C=O) groups excluding carboxylic acids is 2. The Labute approximate surface area is 411 Å². The van der Waals surface area contributed by atoms with Crippen LogP contribution in [-0.2, 0) is 14.3 Å². The summed E-state index contributed by atoms with van der Waals surface area (Å²) >= 11 is 0. The summed E-state index contributed by atoms with van der Waals surface area (Å²) in [6, 6.07) is -0.637. The van der Waals surface area contributed by atoms with E-state index in [1.807, 2.05) is 6.08 Å². The number of hydrogen-bond acceptors (Lipinski definition) is 5. The Bertz CT molecular complexity index is 1030. The number of carbonyl (C=O) groups is 2. The molecule has 2 unspecified atom stereocenters. The number of aliphatic hydroxyl groups is 2. The summed E-state index contributed by atoms with van der Waals surface area (Å²) in [5, 5.41) is 23.2. The van der Waals surface area contributed by atoms with Gasteiger partial charge in [-0.15, -0.1) is 0 Å². The van der Waals surface area contributed by atoms with Crippen molar-refractivity contribution in [2.75, 3.05) is 13.2 Å². The van der Waals surface area contributed by atoms with Crippen molar-refractivity contribution in [3.63, 3.8) is 0 Å². The molecule has 0 heterocycles. The highest BCUT2D eigenvalue weighted by atomic mass is 16.5. The molecule has 1 amide bonds. The van der Waals surface area contributed by atoms with Gasteiger partial charge >= 0.3 is 5.97 Å². The van der Waals surface area contributed by atoms with E-state index in [0.29, 0.717) is 19.4 Å². The number of allylic oxidation sites excluding steroid dienone is 3. The molecule has 0 bridgehead atoms. The van der Waals surface area contributed by atoms with E-state index >= 15 is 0 Å². The second kappa shape index (κ2) is 55.9. The zero-order valence-electron chi connectivity index (χ0n) is 44.4.